The quantitative estimate of drug-likeness (QED) is 0.259. The standard InChI is InChI=1S/C25H28ClN5OS/c1-31(21-10-3-2-4-11-21)23-14-22(26)29-25(30-23)33-17-18-7-5-9-20(13-18)24(32)28-16-19-8-6-12-27-15-19/h5-9,12-15,21H,2-4,10-11,16-17H2,1H3,(H,28,32). The Morgan fingerprint density at radius 3 is 2.73 bits per heavy atom. The van der Waals surface area contributed by atoms with Crippen molar-refractivity contribution in [3.05, 3.63) is 76.7 Å². The molecule has 0 spiro atoms. The Bertz CT molecular complexity index is 1080. The van der Waals surface area contributed by atoms with Crippen LogP contribution in [0.3, 0.4) is 0 Å². The van der Waals surface area contributed by atoms with Gasteiger partial charge in [-0.1, -0.05) is 60.8 Å². The second-order valence-electron chi connectivity index (χ2n) is 8.27. The van der Waals surface area contributed by atoms with E-state index in [-0.39, 0.29) is 5.91 Å². The molecule has 1 fully saturated rings. The molecule has 0 aliphatic heterocycles. The molecule has 6 nitrogen and oxygen atoms in total. The van der Waals surface area contributed by atoms with Crippen molar-refractivity contribution in [3.8, 4) is 0 Å². The number of pyridine rings is 1. The van der Waals surface area contributed by atoms with E-state index in [1.54, 1.807) is 12.4 Å². The predicted molar refractivity (Wildman–Crippen MR) is 134 cm³/mol. The van der Waals surface area contributed by atoms with E-state index < -0.39 is 0 Å². The number of thioether (sulfide) groups is 1. The first kappa shape index (κ1) is 23.5. The fourth-order valence-electron chi connectivity index (χ4n) is 4.02. The average Bonchev–Trinajstić information content (AvgIpc) is 2.86. The third kappa shape index (κ3) is 6.68. The van der Waals surface area contributed by atoms with Crippen LogP contribution >= 0.6 is 23.4 Å². The second-order valence-corrected chi connectivity index (χ2v) is 9.60. The molecule has 1 amide bonds. The first-order chi connectivity index (χ1) is 16.1. The van der Waals surface area contributed by atoms with Gasteiger partial charge in [-0.15, -0.1) is 0 Å². The molecule has 33 heavy (non-hydrogen) atoms. The Balaban J connectivity index is 1.38. The van der Waals surface area contributed by atoms with Crippen LogP contribution in [0.15, 0.2) is 60.0 Å². The molecule has 4 rings (SSSR count). The Labute approximate surface area is 204 Å². The lowest BCUT2D eigenvalue weighted by molar-refractivity contribution is 0.0951. The van der Waals surface area contributed by atoms with Crippen LogP contribution in [-0.4, -0.2) is 33.9 Å². The molecule has 8 heteroatoms. The lowest BCUT2D eigenvalue weighted by Crippen LogP contribution is -2.34. The molecular weight excluding hydrogens is 454 g/mol. The molecule has 1 aliphatic rings. The van der Waals surface area contributed by atoms with Gasteiger partial charge in [-0.05, 0) is 42.2 Å². The van der Waals surface area contributed by atoms with Gasteiger partial charge in [0.2, 0.25) is 0 Å². The third-order valence-corrected chi connectivity index (χ3v) is 6.99. The average molecular weight is 482 g/mol. The summed E-state index contributed by atoms with van der Waals surface area (Å²) in [7, 11) is 2.09. The number of carbonyl (C=O) groups is 1. The van der Waals surface area contributed by atoms with E-state index in [1.807, 2.05) is 42.5 Å². The van der Waals surface area contributed by atoms with Crippen LogP contribution in [-0.2, 0) is 12.3 Å². The van der Waals surface area contributed by atoms with E-state index in [9.17, 15) is 4.79 Å². The van der Waals surface area contributed by atoms with E-state index >= 15 is 0 Å². The minimum absolute atomic E-state index is 0.110. The van der Waals surface area contributed by atoms with Gasteiger partial charge in [0.25, 0.3) is 5.91 Å². The van der Waals surface area contributed by atoms with E-state index in [0.29, 0.717) is 34.2 Å². The summed E-state index contributed by atoms with van der Waals surface area (Å²) < 4.78 is 0. The van der Waals surface area contributed by atoms with Crippen LogP contribution in [0.4, 0.5) is 5.82 Å². The zero-order chi connectivity index (χ0) is 23.0. The number of hydrogen-bond donors (Lipinski definition) is 1. The molecule has 2 heterocycles. The largest absolute Gasteiger partial charge is 0.357 e. The monoisotopic (exact) mass is 481 g/mol. The van der Waals surface area contributed by atoms with Crippen molar-refractivity contribution in [2.24, 2.45) is 0 Å². The van der Waals surface area contributed by atoms with Gasteiger partial charge in [0, 0.05) is 49.4 Å². The molecule has 0 unspecified atom stereocenters. The molecule has 1 N–H and O–H groups in total. The van der Waals surface area contributed by atoms with Gasteiger partial charge in [-0.2, -0.15) is 0 Å². The maximum absolute atomic E-state index is 12.6. The van der Waals surface area contributed by atoms with E-state index in [1.165, 1.54) is 43.9 Å². The van der Waals surface area contributed by atoms with Gasteiger partial charge < -0.3 is 10.2 Å². The van der Waals surface area contributed by atoms with Crippen LogP contribution < -0.4 is 10.2 Å². The molecule has 0 atom stereocenters. The molecule has 0 radical (unpaired) electrons. The molecule has 172 valence electrons. The minimum Gasteiger partial charge on any atom is -0.357 e. The van der Waals surface area contributed by atoms with Crippen molar-refractivity contribution < 1.29 is 4.79 Å². The normalized spacial score (nSPS) is 14.1. The number of benzene rings is 1. The maximum Gasteiger partial charge on any atom is 0.251 e. The lowest BCUT2D eigenvalue weighted by atomic mass is 9.94. The summed E-state index contributed by atoms with van der Waals surface area (Å²) in [6.07, 6.45) is 9.69. The number of carbonyl (C=O) groups excluding carboxylic acids is 1. The van der Waals surface area contributed by atoms with Crippen molar-refractivity contribution in [1.82, 2.24) is 20.3 Å². The zero-order valence-electron chi connectivity index (χ0n) is 18.7. The first-order valence-corrected chi connectivity index (χ1v) is 12.6. The summed E-state index contributed by atoms with van der Waals surface area (Å²) in [4.78, 5) is 28.0. The number of nitrogens with zero attached hydrogens (tertiary/aromatic N) is 4. The van der Waals surface area contributed by atoms with Crippen molar-refractivity contribution >= 4 is 35.1 Å². The fourth-order valence-corrected chi connectivity index (χ4v) is 5.05. The Morgan fingerprint density at radius 2 is 1.94 bits per heavy atom. The van der Waals surface area contributed by atoms with Crippen molar-refractivity contribution in [1.29, 1.82) is 0 Å². The summed E-state index contributed by atoms with van der Waals surface area (Å²) in [5, 5.41) is 4.04. The highest BCUT2D eigenvalue weighted by Gasteiger charge is 2.20. The smallest absolute Gasteiger partial charge is 0.251 e. The van der Waals surface area contributed by atoms with Gasteiger partial charge in [0.1, 0.15) is 11.0 Å². The highest BCUT2D eigenvalue weighted by atomic mass is 35.5. The molecule has 0 saturated heterocycles. The number of anilines is 1. The molecule has 1 saturated carbocycles. The Kier molecular flexibility index (Phi) is 8.18. The highest BCUT2D eigenvalue weighted by molar-refractivity contribution is 7.98. The summed E-state index contributed by atoms with van der Waals surface area (Å²) >= 11 is 7.84. The number of nitrogens with one attached hydrogen (secondary N) is 1. The summed E-state index contributed by atoms with van der Waals surface area (Å²) in [6, 6.07) is 13.8. The molecular formula is C25H28ClN5OS. The van der Waals surface area contributed by atoms with Crippen molar-refractivity contribution in [2.45, 2.75) is 55.6 Å². The van der Waals surface area contributed by atoms with Crippen molar-refractivity contribution in [3.63, 3.8) is 0 Å². The lowest BCUT2D eigenvalue weighted by Gasteiger charge is -2.32. The van der Waals surface area contributed by atoms with Gasteiger partial charge in [0.15, 0.2) is 5.16 Å². The number of hydrogen-bond acceptors (Lipinski definition) is 6. The SMILES string of the molecule is CN(c1cc(Cl)nc(SCc2cccc(C(=O)NCc3cccnc3)c2)n1)C1CCCCC1. The van der Waals surface area contributed by atoms with E-state index in [4.69, 9.17) is 16.6 Å². The molecule has 1 aliphatic carbocycles. The highest BCUT2D eigenvalue weighted by Crippen LogP contribution is 2.29. The second kappa shape index (κ2) is 11.5. The maximum atomic E-state index is 12.6. The summed E-state index contributed by atoms with van der Waals surface area (Å²) in [5.41, 5.74) is 2.62. The van der Waals surface area contributed by atoms with E-state index in [2.05, 4.69) is 27.2 Å². The molecule has 2 aromatic heterocycles. The fraction of sp³-hybridized carbons (Fsp3) is 0.360. The number of aromatic nitrogens is 3. The summed E-state index contributed by atoms with van der Waals surface area (Å²) in [6.45, 7) is 0.444. The first-order valence-electron chi connectivity index (χ1n) is 11.2. The van der Waals surface area contributed by atoms with Gasteiger partial charge in [-0.3, -0.25) is 9.78 Å². The predicted octanol–water partition coefficient (Wildman–Crippen LogP) is 5.52. The van der Waals surface area contributed by atoms with Gasteiger partial charge in [-0.25, -0.2) is 9.97 Å². The topological polar surface area (TPSA) is 71.0 Å². The van der Waals surface area contributed by atoms with Crippen LogP contribution in [0.5, 0.6) is 0 Å². The zero-order valence-corrected chi connectivity index (χ0v) is 20.3. The number of halogens is 1. The van der Waals surface area contributed by atoms with Crippen LogP contribution in [0, 0.1) is 0 Å². The third-order valence-electron chi connectivity index (χ3n) is 5.88. The van der Waals surface area contributed by atoms with Gasteiger partial charge >= 0.3 is 0 Å². The van der Waals surface area contributed by atoms with Crippen LogP contribution in [0.1, 0.15) is 53.6 Å². The Hall–Kier alpha value is -2.64. The molecule has 3 aromatic rings. The summed E-state index contributed by atoms with van der Waals surface area (Å²) in [5.74, 6) is 1.41. The van der Waals surface area contributed by atoms with E-state index in [0.717, 1.165) is 16.9 Å². The van der Waals surface area contributed by atoms with Crippen LogP contribution in [0.25, 0.3) is 0 Å². The number of rotatable bonds is 8. The van der Waals surface area contributed by atoms with Crippen molar-refractivity contribution in [2.75, 3.05) is 11.9 Å². The van der Waals surface area contributed by atoms with Gasteiger partial charge in [0.05, 0.1) is 0 Å². The number of amides is 1. The minimum atomic E-state index is -0.110. The molecule has 0 bridgehead atoms. The van der Waals surface area contributed by atoms with Crippen LogP contribution in [0.2, 0.25) is 5.15 Å². The molecule has 1 aromatic carbocycles. The Morgan fingerprint density at radius 1 is 1.12 bits per heavy atom.